The minimum atomic E-state index is -0.574. The minimum Gasteiger partial charge on any atom is -0.508 e. The number of aromatic hydroxyl groups is 1. The number of benzene rings is 1. The van der Waals surface area contributed by atoms with Gasteiger partial charge in [0, 0.05) is 11.6 Å². The van der Waals surface area contributed by atoms with E-state index >= 15 is 0 Å². The number of amides is 1. The highest BCUT2D eigenvalue weighted by molar-refractivity contribution is 5.88. The first-order chi connectivity index (χ1) is 12.1. The largest absolute Gasteiger partial charge is 0.508 e. The first kappa shape index (κ1) is 15.1. The lowest BCUT2D eigenvalue weighted by Gasteiger charge is -2.10. The van der Waals surface area contributed by atoms with Crippen molar-refractivity contribution >= 4 is 23.8 Å². The van der Waals surface area contributed by atoms with E-state index in [2.05, 4.69) is 15.4 Å². The molecule has 0 atom stereocenters. The van der Waals surface area contributed by atoms with Gasteiger partial charge in [-0.1, -0.05) is 0 Å². The zero-order valence-corrected chi connectivity index (χ0v) is 13.0. The number of hydrogen-bond acceptors (Lipinski definition) is 6. The molecule has 0 spiro atoms. The van der Waals surface area contributed by atoms with Gasteiger partial charge in [0.2, 0.25) is 0 Å². The Morgan fingerprint density at radius 2 is 2.08 bits per heavy atom. The molecular weight excluding hydrogens is 324 g/mol. The number of aldehydes is 1. The van der Waals surface area contributed by atoms with E-state index < -0.39 is 6.09 Å². The summed E-state index contributed by atoms with van der Waals surface area (Å²) in [6, 6.07) is 8.09. The summed E-state index contributed by atoms with van der Waals surface area (Å²) in [5.74, 6) is 0.473. The highest BCUT2D eigenvalue weighted by Crippen LogP contribution is 2.26. The molecule has 1 aliphatic carbocycles. The van der Waals surface area contributed by atoms with E-state index in [0.717, 1.165) is 18.4 Å². The van der Waals surface area contributed by atoms with E-state index in [4.69, 9.17) is 4.74 Å². The Hall–Kier alpha value is -3.42. The molecule has 0 saturated heterocycles. The average molecular weight is 338 g/mol. The molecule has 4 rings (SSSR count). The van der Waals surface area contributed by atoms with Crippen LogP contribution in [0, 0.1) is 0 Å². The molecule has 2 N–H and O–H groups in total. The van der Waals surface area contributed by atoms with Crippen LogP contribution in [-0.2, 0) is 4.74 Å². The van der Waals surface area contributed by atoms with Crippen molar-refractivity contribution in [1.82, 2.24) is 14.6 Å². The second-order valence-corrected chi connectivity index (χ2v) is 5.76. The third-order valence-corrected chi connectivity index (χ3v) is 3.82. The lowest BCUT2D eigenvalue weighted by molar-refractivity contribution is 0.112. The molecule has 1 saturated carbocycles. The van der Waals surface area contributed by atoms with Crippen LogP contribution < -0.4 is 5.32 Å². The Morgan fingerprint density at radius 1 is 1.32 bits per heavy atom. The number of nitrogens with one attached hydrogen (secondary N) is 1. The maximum atomic E-state index is 12.0. The number of anilines is 1. The number of fused-ring (bicyclic) bond motifs is 1. The van der Waals surface area contributed by atoms with Crippen LogP contribution in [0.1, 0.15) is 23.2 Å². The molecule has 0 aliphatic heterocycles. The molecule has 0 bridgehead atoms. The Bertz CT molecular complexity index is 961. The number of rotatable bonds is 4. The normalized spacial score (nSPS) is 13.6. The summed E-state index contributed by atoms with van der Waals surface area (Å²) in [5, 5.41) is 16.2. The van der Waals surface area contributed by atoms with Crippen LogP contribution in [0.4, 0.5) is 10.6 Å². The number of carbonyl (C=O) groups excluding carboxylic acids is 2. The lowest BCUT2D eigenvalue weighted by Crippen LogP contribution is -2.17. The predicted molar refractivity (Wildman–Crippen MR) is 88.6 cm³/mol. The highest BCUT2D eigenvalue weighted by atomic mass is 16.6. The molecule has 2 aromatic heterocycles. The smallest absolute Gasteiger partial charge is 0.413 e. The molecule has 8 nitrogen and oxygen atoms in total. The first-order valence-electron chi connectivity index (χ1n) is 7.75. The number of carbonyl (C=O) groups is 2. The second kappa shape index (κ2) is 5.90. The molecule has 0 unspecified atom stereocenters. The molecule has 126 valence electrons. The average Bonchev–Trinajstić information content (AvgIpc) is 3.31. The molecule has 1 aliphatic rings. The van der Waals surface area contributed by atoms with Crippen molar-refractivity contribution in [3.8, 4) is 17.0 Å². The van der Waals surface area contributed by atoms with Crippen molar-refractivity contribution < 1.29 is 19.4 Å². The quantitative estimate of drug-likeness (QED) is 0.708. The van der Waals surface area contributed by atoms with E-state index in [1.807, 2.05) is 0 Å². The van der Waals surface area contributed by atoms with Crippen LogP contribution in [0.5, 0.6) is 5.75 Å². The monoisotopic (exact) mass is 338 g/mol. The minimum absolute atomic E-state index is 0.0305. The van der Waals surface area contributed by atoms with Crippen molar-refractivity contribution in [3.05, 3.63) is 42.1 Å². The van der Waals surface area contributed by atoms with Gasteiger partial charge in [0.25, 0.3) is 0 Å². The van der Waals surface area contributed by atoms with E-state index in [-0.39, 0.29) is 11.9 Å². The van der Waals surface area contributed by atoms with Crippen LogP contribution in [0.3, 0.4) is 0 Å². The molecule has 8 heteroatoms. The van der Waals surface area contributed by atoms with Gasteiger partial charge in [0.15, 0.2) is 11.9 Å². The van der Waals surface area contributed by atoms with E-state index in [9.17, 15) is 14.7 Å². The fourth-order valence-electron chi connectivity index (χ4n) is 2.40. The SMILES string of the molecule is O=Cc1cnn2c(NC(=O)OC3CC3)cc(-c3ccc(O)cc3)nc12. The van der Waals surface area contributed by atoms with Gasteiger partial charge in [-0.15, -0.1) is 0 Å². The summed E-state index contributed by atoms with van der Waals surface area (Å²) in [4.78, 5) is 27.6. The number of ether oxygens (including phenoxy) is 1. The van der Waals surface area contributed by atoms with Crippen molar-refractivity contribution in [3.63, 3.8) is 0 Å². The predicted octanol–water partition coefficient (Wildman–Crippen LogP) is 2.63. The number of aromatic nitrogens is 3. The topological polar surface area (TPSA) is 106 Å². The molecule has 1 fully saturated rings. The van der Waals surface area contributed by atoms with Gasteiger partial charge < -0.3 is 9.84 Å². The summed E-state index contributed by atoms with van der Waals surface area (Å²) in [7, 11) is 0. The fourth-order valence-corrected chi connectivity index (χ4v) is 2.40. The fraction of sp³-hybridized carbons (Fsp3) is 0.176. The van der Waals surface area contributed by atoms with Crippen LogP contribution in [-0.4, -0.2) is 38.2 Å². The van der Waals surface area contributed by atoms with Gasteiger partial charge in [-0.05, 0) is 37.1 Å². The maximum absolute atomic E-state index is 12.0. The molecule has 0 radical (unpaired) electrons. The van der Waals surface area contributed by atoms with E-state index in [1.54, 1.807) is 18.2 Å². The zero-order valence-electron chi connectivity index (χ0n) is 13.0. The van der Waals surface area contributed by atoms with E-state index in [0.29, 0.717) is 29.0 Å². The van der Waals surface area contributed by atoms with Crippen molar-refractivity contribution in [2.75, 3.05) is 5.32 Å². The Morgan fingerprint density at radius 3 is 2.76 bits per heavy atom. The van der Waals surface area contributed by atoms with Crippen LogP contribution in [0.15, 0.2) is 36.5 Å². The third-order valence-electron chi connectivity index (χ3n) is 3.82. The molecular formula is C17H14N4O4. The maximum Gasteiger partial charge on any atom is 0.413 e. The van der Waals surface area contributed by atoms with Crippen LogP contribution in [0.2, 0.25) is 0 Å². The van der Waals surface area contributed by atoms with E-state index in [1.165, 1.54) is 22.8 Å². The molecule has 3 aromatic rings. The number of phenols is 1. The van der Waals surface area contributed by atoms with Gasteiger partial charge in [-0.2, -0.15) is 9.61 Å². The Labute approximate surface area is 142 Å². The zero-order chi connectivity index (χ0) is 17.4. The van der Waals surface area contributed by atoms with Crippen molar-refractivity contribution in [1.29, 1.82) is 0 Å². The van der Waals surface area contributed by atoms with Crippen molar-refractivity contribution in [2.45, 2.75) is 18.9 Å². The summed E-state index contributed by atoms with van der Waals surface area (Å²) < 4.78 is 6.57. The number of hydrogen-bond donors (Lipinski definition) is 2. The summed E-state index contributed by atoms with van der Waals surface area (Å²) in [6.07, 6.45) is 3.17. The Balaban J connectivity index is 1.78. The van der Waals surface area contributed by atoms with Gasteiger partial charge in [0.05, 0.1) is 17.5 Å². The highest BCUT2D eigenvalue weighted by Gasteiger charge is 2.26. The second-order valence-electron chi connectivity index (χ2n) is 5.76. The first-order valence-corrected chi connectivity index (χ1v) is 7.75. The van der Waals surface area contributed by atoms with Gasteiger partial charge in [-0.25, -0.2) is 9.78 Å². The molecule has 1 amide bonds. The van der Waals surface area contributed by atoms with Gasteiger partial charge >= 0.3 is 6.09 Å². The standard InChI is InChI=1S/C17H14N4O4/c22-9-11-8-18-21-15(20-17(24)25-13-5-6-13)7-14(19-16(11)21)10-1-3-12(23)4-2-10/h1-4,7-9,13,23H,5-6H2,(H,20,24). The Kier molecular flexibility index (Phi) is 3.57. The molecule has 2 heterocycles. The molecule has 1 aromatic carbocycles. The van der Waals surface area contributed by atoms with Crippen molar-refractivity contribution in [2.24, 2.45) is 0 Å². The van der Waals surface area contributed by atoms with Gasteiger partial charge in [-0.3, -0.25) is 10.1 Å². The third kappa shape index (κ3) is 3.01. The summed E-state index contributed by atoms with van der Waals surface area (Å²) >= 11 is 0. The summed E-state index contributed by atoms with van der Waals surface area (Å²) in [6.45, 7) is 0. The number of phenolic OH excluding ortho intramolecular Hbond substituents is 1. The number of nitrogens with zero attached hydrogens (tertiary/aromatic N) is 3. The van der Waals surface area contributed by atoms with Gasteiger partial charge in [0.1, 0.15) is 17.7 Å². The summed E-state index contributed by atoms with van der Waals surface area (Å²) in [5.41, 5.74) is 1.87. The lowest BCUT2D eigenvalue weighted by atomic mass is 10.1. The van der Waals surface area contributed by atoms with Crippen LogP contribution >= 0.6 is 0 Å². The van der Waals surface area contributed by atoms with Crippen LogP contribution in [0.25, 0.3) is 16.9 Å². The molecule has 25 heavy (non-hydrogen) atoms.